The van der Waals surface area contributed by atoms with Crippen LogP contribution in [0.5, 0.6) is 0 Å². The third kappa shape index (κ3) is 2.76. The zero-order chi connectivity index (χ0) is 11.4. The Labute approximate surface area is 101 Å². The monoisotopic (exact) mass is 281 g/mol. The van der Waals surface area contributed by atoms with Gasteiger partial charge in [-0.25, -0.2) is 14.4 Å². The van der Waals surface area contributed by atoms with Gasteiger partial charge in [-0.3, -0.25) is 0 Å². The number of halogens is 2. The first-order valence-corrected chi connectivity index (χ1v) is 5.48. The van der Waals surface area contributed by atoms with Gasteiger partial charge in [0, 0.05) is 6.54 Å². The lowest BCUT2D eigenvalue weighted by atomic mass is 10.2. The van der Waals surface area contributed by atoms with E-state index in [1.165, 1.54) is 12.4 Å². The largest absolute Gasteiger partial charge is 0.378 e. The van der Waals surface area contributed by atoms with Crippen LogP contribution in [0.25, 0.3) is 0 Å². The highest BCUT2D eigenvalue weighted by molar-refractivity contribution is 9.10. The number of hydrogen-bond donors (Lipinski definition) is 1. The second-order valence-electron chi connectivity index (χ2n) is 3.23. The van der Waals surface area contributed by atoms with Gasteiger partial charge in [-0.1, -0.05) is 6.07 Å². The topological polar surface area (TPSA) is 37.8 Å². The summed E-state index contributed by atoms with van der Waals surface area (Å²) in [6.45, 7) is 0.539. The molecule has 0 aliphatic heterocycles. The number of hydrogen-bond acceptors (Lipinski definition) is 3. The van der Waals surface area contributed by atoms with E-state index in [0.29, 0.717) is 11.0 Å². The van der Waals surface area contributed by atoms with Gasteiger partial charge in [0.1, 0.15) is 12.1 Å². The first-order valence-electron chi connectivity index (χ1n) is 4.68. The first kappa shape index (κ1) is 11.0. The number of benzene rings is 1. The van der Waals surface area contributed by atoms with Crippen molar-refractivity contribution < 1.29 is 4.39 Å². The average Bonchev–Trinajstić information content (AvgIpc) is 2.32. The molecule has 5 heteroatoms. The molecule has 0 bridgehead atoms. The molecule has 0 atom stereocenters. The number of aromatic nitrogens is 2. The van der Waals surface area contributed by atoms with Gasteiger partial charge in [0.05, 0.1) is 22.6 Å². The minimum absolute atomic E-state index is 0.261. The van der Waals surface area contributed by atoms with Crippen LogP contribution in [0.1, 0.15) is 5.56 Å². The molecule has 16 heavy (non-hydrogen) atoms. The molecule has 82 valence electrons. The Morgan fingerprint density at radius 2 is 2.00 bits per heavy atom. The van der Waals surface area contributed by atoms with E-state index >= 15 is 0 Å². The fourth-order valence-corrected chi connectivity index (χ4v) is 1.49. The van der Waals surface area contributed by atoms with Gasteiger partial charge in [-0.05, 0) is 33.6 Å². The first-order chi connectivity index (χ1) is 7.75. The molecule has 0 unspecified atom stereocenters. The Kier molecular flexibility index (Phi) is 3.46. The molecule has 0 amide bonds. The van der Waals surface area contributed by atoms with Crippen LogP contribution in [0.2, 0.25) is 0 Å². The van der Waals surface area contributed by atoms with Crippen molar-refractivity contribution in [2.45, 2.75) is 6.54 Å². The zero-order valence-corrected chi connectivity index (χ0v) is 9.91. The van der Waals surface area contributed by atoms with Crippen molar-refractivity contribution in [1.29, 1.82) is 0 Å². The lowest BCUT2D eigenvalue weighted by Gasteiger charge is -2.05. The van der Waals surface area contributed by atoms with E-state index in [1.54, 1.807) is 18.5 Å². The minimum atomic E-state index is -0.261. The Morgan fingerprint density at radius 1 is 1.25 bits per heavy atom. The Morgan fingerprint density at radius 3 is 2.69 bits per heavy atom. The number of nitrogens with one attached hydrogen (secondary N) is 1. The van der Waals surface area contributed by atoms with Gasteiger partial charge in [-0.15, -0.1) is 0 Å². The Bertz CT molecular complexity index is 476. The molecule has 1 aromatic carbocycles. The second kappa shape index (κ2) is 5.03. The Hall–Kier alpha value is -1.49. The fraction of sp³-hybridized carbons (Fsp3) is 0.0909. The third-order valence-electron chi connectivity index (χ3n) is 2.04. The lowest BCUT2D eigenvalue weighted by molar-refractivity contribution is 0.619. The van der Waals surface area contributed by atoms with Crippen molar-refractivity contribution in [3.05, 3.63) is 52.8 Å². The molecule has 0 spiro atoms. The molecule has 2 rings (SSSR count). The summed E-state index contributed by atoms with van der Waals surface area (Å²) >= 11 is 3.11. The third-order valence-corrected chi connectivity index (χ3v) is 2.68. The van der Waals surface area contributed by atoms with Crippen LogP contribution in [-0.4, -0.2) is 9.97 Å². The molecule has 0 aliphatic rings. The minimum Gasteiger partial charge on any atom is -0.378 e. The summed E-state index contributed by atoms with van der Waals surface area (Å²) in [6, 6.07) is 5.03. The smallest absolute Gasteiger partial charge is 0.137 e. The van der Waals surface area contributed by atoms with Crippen LogP contribution in [-0.2, 0) is 6.54 Å². The molecule has 0 saturated carbocycles. The molecule has 0 fully saturated rings. The molecule has 2 aromatic rings. The maximum Gasteiger partial charge on any atom is 0.137 e. The van der Waals surface area contributed by atoms with E-state index in [9.17, 15) is 4.39 Å². The van der Waals surface area contributed by atoms with E-state index in [-0.39, 0.29) is 5.82 Å². The molecule has 0 saturated heterocycles. The molecule has 0 aliphatic carbocycles. The highest BCUT2D eigenvalue weighted by atomic mass is 79.9. The van der Waals surface area contributed by atoms with Gasteiger partial charge in [0.15, 0.2) is 0 Å². The van der Waals surface area contributed by atoms with Crippen molar-refractivity contribution in [3.63, 3.8) is 0 Å². The van der Waals surface area contributed by atoms with Gasteiger partial charge < -0.3 is 5.32 Å². The standard InChI is InChI=1S/C11H9BrFN3/c12-10-2-1-8(3-11(10)13)4-16-9-5-14-7-15-6-9/h1-3,5-7,16H,4H2. The Balaban J connectivity index is 2.03. The maximum atomic E-state index is 13.2. The molecule has 1 N–H and O–H groups in total. The van der Waals surface area contributed by atoms with Crippen LogP contribution in [0.15, 0.2) is 41.4 Å². The fourth-order valence-electron chi connectivity index (χ4n) is 1.24. The van der Waals surface area contributed by atoms with Crippen molar-refractivity contribution in [2.75, 3.05) is 5.32 Å². The maximum absolute atomic E-state index is 13.2. The molecule has 3 nitrogen and oxygen atoms in total. The van der Waals surface area contributed by atoms with Crippen LogP contribution in [0.4, 0.5) is 10.1 Å². The van der Waals surface area contributed by atoms with Gasteiger partial charge >= 0.3 is 0 Å². The summed E-state index contributed by atoms with van der Waals surface area (Å²) < 4.78 is 13.7. The van der Waals surface area contributed by atoms with Gasteiger partial charge in [0.25, 0.3) is 0 Å². The molecular weight excluding hydrogens is 273 g/mol. The van der Waals surface area contributed by atoms with Gasteiger partial charge in [0.2, 0.25) is 0 Å². The zero-order valence-electron chi connectivity index (χ0n) is 8.32. The highest BCUT2D eigenvalue weighted by Gasteiger charge is 2.00. The summed E-state index contributed by atoms with van der Waals surface area (Å²) in [5, 5.41) is 3.10. The quantitative estimate of drug-likeness (QED) is 0.940. The van der Waals surface area contributed by atoms with E-state index in [2.05, 4.69) is 31.2 Å². The van der Waals surface area contributed by atoms with E-state index in [4.69, 9.17) is 0 Å². The molecular formula is C11H9BrFN3. The summed E-state index contributed by atoms with van der Waals surface area (Å²) in [4.78, 5) is 7.75. The highest BCUT2D eigenvalue weighted by Crippen LogP contribution is 2.17. The van der Waals surface area contributed by atoms with E-state index < -0.39 is 0 Å². The molecule has 0 radical (unpaired) electrons. The number of anilines is 1. The van der Waals surface area contributed by atoms with Crippen LogP contribution in [0, 0.1) is 5.82 Å². The van der Waals surface area contributed by atoms with Crippen molar-refractivity contribution >= 4 is 21.6 Å². The van der Waals surface area contributed by atoms with E-state index in [0.717, 1.165) is 11.3 Å². The van der Waals surface area contributed by atoms with Gasteiger partial charge in [-0.2, -0.15) is 0 Å². The number of rotatable bonds is 3. The summed E-state index contributed by atoms with van der Waals surface area (Å²) in [6.07, 6.45) is 4.80. The number of nitrogens with zero attached hydrogens (tertiary/aromatic N) is 2. The summed E-state index contributed by atoms with van der Waals surface area (Å²) in [5.41, 5.74) is 1.68. The molecule has 1 aromatic heterocycles. The van der Waals surface area contributed by atoms with Crippen molar-refractivity contribution in [3.8, 4) is 0 Å². The van der Waals surface area contributed by atoms with E-state index in [1.807, 2.05) is 6.07 Å². The predicted octanol–water partition coefficient (Wildman–Crippen LogP) is 2.99. The van der Waals surface area contributed by atoms with Crippen LogP contribution < -0.4 is 5.32 Å². The van der Waals surface area contributed by atoms with Crippen molar-refractivity contribution in [2.24, 2.45) is 0 Å². The molecule has 1 heterocycles. The summed E-state index contributed by atoms with van der Waals surface area (Å²) in [7, 11) is 0. The average molecular weight is 282 g/mol. The normalized spacial score (nSPS) is 10.1. The lowest BCUT2D eigenvalue weighted by Crippen LogP contribution is -2.00. The SMILES string of the molecule is Fc1cc(CNc2cncnc2)ccc1Br. The summed E-state index contributed by atoms with van der Waals surface area (Å²) in [5.74, 6) is -0.261. The van der Waals surface area contributed by atoms with Crippen molar-refractivity contribution in [1.82, 2.24) is 9.97 Å². The second-order valence-corrected chi connectivity index (χ2v) is 4.08. The van der Waals surface area contributed by atoms with Crippen LogP contribution in [0.3, 0.4) is 0 Å². The predicted molar refractivity (Wildman–Crippen MR) is 63.5 cm³/mol. The van der Waals surface area contributed by atoms with Crippen LogP contribution >= 0.6 is 15.9 Å².